The molecule has 1 aromatic rings. The molecule has 3 heterocycles. The molecule has 2 saturated heterocycles. The molecule has 2 fully saturated rings. The van der Waals surface area contributed by atoms with Crippen LogP contribution in [0.25, 0.3) is 0 Å². The summed E-state index contributed by atoms with van der Waals surface area (Å²) in [6.45, 7) is 1.21. The van der Waals surface area contributed by atoms with Crippen molar-refractivity contribution in [2.24, 2.45) is 5.92 Å². The minimum absolute atomic E-state index is 0.0201. The molecule has 0 spiro atoms. The first-order valence-corrected chi connectivity index (χ1v) is 6.42. The van der Waals surface area contributed by atoms with Gasteiger partial charge in [-0.25, -0.2) is 4.39 Å². The number of pyridine rings is 1. The molecule has 0 saturated carbocycles. The third-order valence-electron chi connectivity index (χ3n) is 3.53. The second-order valence-electron chi connectivity index (χ2n) is 5.01. The number of aromatic nitrogens is 1. The van der Waals surface area contributed by atoms with E-state index in [0.29, 0.717) is 13.2 Å². The average Bonchev–Trinajstić information content (AvgIpc) is 2.67. The van der Waals surface area contributed by atoms with Gasteiger partial charge in [0.25, 0.3) is 5.91 Å². The Labute approximate surface area is 114 Å². The van der Waals surface area contributed by atoms with Gasteiger partial charge in [-0.3, -0.25) is 14.6 Å². The van der Waals surface area contributed by atoms with Gasteiger partial charge in [0.15, 0.2) is 5.82 Å². The van der Waals surface area contributed by atoms with Crippen molar-refractivity contribution in [2.45, 2.75) is 6.04 Å². The molecular weight excluding hydrogens is 265 g/mol. The Morgan fingerprint density at radius 1 is 1.45 bits per heavy atom. The highest BCUT2D eigenvalue weighted by Gasteiger charge is 2.35. The second-order valence-corrected chi connectivity index (χ2v) is 5.01. The van der Waals surface area contributed by atoms with Crippen LogP contribution in [0.5, 0.6) is 0 Å². The minimum Gasteiger partial charge on any atom is -0.378 e. The van der Waals surface area contributed by atoms with Crippen molar-refractivity contribution >= 4 is 11.8 Å². The molecule has 3 rings (SSSR count). The molecule has 2 amide bonds. The van der Waals surface area contributed by atoms with E-state index in [2.05, 4.69) is 10.3 Å². The minimum atomic E-state index is -0.651. The summed E-state index contributed by atoms with van der Waals surface area (Å²) in [7, 11) is 0. The number of rotatable bonds is 1. The Kier molecular flexibility index (Phi) is 3.35. The number of fused-ring (bicyclic) bond motifs is 3. The molecule has 2 aliphatic rings. The summed E-state index contributed by atoms with van der Waals surface area (Å²) in [6.07, 6.45) is 2.39. The van der Waals surface area contributed by atoms with Crippen LogP contribution in [0.3, 0.4) is 0 Å². The van der Waals surface area contributed by atoms with E-state index in [1.54, 1.807) is 0 Å². The highest BCUT2D eigenvalue weighted by molar-refractivity contribution is 5.95. The molecule has 2 atom stereocenters. The first-order chi connectivity index (χ1) is 9.65. The predicted octanol–water partition coefficient (Wildman–Crippen LogP) is -0.192. The van der Waals surface area contributed by atoms with Crippen LogP contribution in [-0.4, -0.2) is 54.0 Å². The van der Waals surface area contributed by atoms with Gasteiger partial charge in [0.1, 0.15) is 0 Å². The summed E-state index contributed by atoms with van der Waals surface area (Å²) >= 11 is 0. The maximum absolute atomic E-state index is 13.6. The number of carbonyl (C=O) groups is 2. The molecule has 0 aliphatic carbocycles. The van der Waals surface area contributed by atoms with Gasteiger partial charge < -0.3 is 15.0 Å². The maximum Gasteiger partial charge on any atom is 0.257 e. The molecule has 20 heavy (non-hydrogen) atoms. The number of hydrogen-bond donors (Lipinski definition) is 1. The summed E-state index contributed by atoms with van der Waals surface area (Å²) in [5.74, 6) is -1.59. The fraction of sp³-hybridized carbons (Fsp3) is 0.462. The Bertz CT molecular complexity index is 551. The van der Waals surface area contributed by atoms with Crippen molar-refractivity contribution in [2.75, 3.05) is 26.3 Å². The molecular formula is C13H14FN3O3. The highest BCUT2D eigenvalue weighted by atomic mass is 19.1. The predicted molar refractivity (Wildman–Crippen MR) is 66.3 cm³/mol. The highest BCUT2D eigenvalue weighted by Crippen LogP contribution is 2.17. The standard InChI is InChI=1S/C13H14FN3O3/c14-11-3-15-2-1-10(11)13(19)17-4-8-6-20-7-9(5-17)16-12(8)18/h1-3,8-9H,4-7H2,(H,16,18)/t8-,9+/m1/s1. The topological polar surface area (TPSA) is 71.5 Å². The van der Waals surface area contributed by atoms with Gasteiger partial charge in [-0.1, -0.05) is 0 Å². The van der Waals surface area contributed by atoms with Crippen LogP contribution < -0.4 is 5.32 Å². The first-order valence-electron chi connectivity index (χ1n) is 6.42. The Morgan fingerprint density at radius 2 is 2.30 bits per heavy atom. The molecule has 2 bridgehead atoms. The molecule has 1 N–H and O–H groups in total. The van der Waals surface area contributed by atoms with Gasteiger partial charge in [-0.05, 0) is 6.07 Å². The quantitative estimate of drug-likeness (QED) is 0.773. The van der Waals surface area contributed by atoms with E-state index in [-0.39, 0.29) is 30.7 Å². The zero-order valence-electron chi connectivity index (χ0n) is 10.7. The van der Waals surface area contributed by atoms with E-state index in [1.165, 1.54) is 17.2 Å². The van der Waals surface area contributed by atoms with Gasteiger partial charge >= 0.3 is 0 Å². The molecule has 106 valence electrons. The van der Waals surface area contributed by atoms with Crippen molar-refractivity contribution in [3.05, 3.63) is 29.8 Å². The lowest BCUT2D eigenvalue weighted by Gasteiger charge is -2.27. The third kappa shape index (κ3) is 2.36. The van der Waals surface area contributed by atoms with Crippen LogP contribution in [0, 0.1) is 11.7 Å². The molecule has 2 aliphatic heterocycles. The lowest BCUT2D eigenvalue weighted by atomic mass is 10.1. The zero-order valence-corrected chi connectivity index (χ0v) is 10.7. The van der Waals surface area contributed by atoms with Crippen molar-refractivity contribution in [3.63, 3.8) is 0 Å². The lowest BCUT2D eigenvalue weighted by molar-refractivity contribution is -0.125. The second kappa shape index (κ2) is 5.16. The summed E-state index contributed by atoms with van der Waals surface area (Å²) < 4.78 is 19.0. The van der Waals surface area contributed by atoms with Crippen LogP contribution in [-0.2, 0) is 9.53 Å². The van der Waals surface area contributed by atoms with Crippen molar-refractivity contribution in [1.82, 2.24) is 15.2 Å². The molecule has 1 aromatic heterocycles. The largest absolute Gasteiger partial charge is 0.378 e. The summed E-state index contributed by atoms with van der Waals surface area (Å²) in [6, 6.07) is 1.10. The number of amides is 2. The van der Waals surface area contributed by atoms with E-state index in [9.17, 15) is 14.0 Å². The Morgan fingerprint density at radius 3 is 3.10 bits per heavy atom. The number of hydrogen-bond acceptors (Lipinski definition) is 4. The van der Waals surface area contributed by atoms with Crippen LogP contribution in [0.1, 0.15) is 10.4 Å². The number of carbonyl (C=O) groups excluding carboxylic acids is 2. The molecule has 7 heteroatoms. The Hall–Kier alpha value is -2.02. The van der Waals surface area contributed by atoms with Crippen LogP contribution in [0.15, 0.2) is 18.5 Å². The fourth-order valence-corrected chi connectivity index (χ4v) is 2.51. The Balaban J connectivity index is 1.85. The van der Waals surface area contributed by atoms with E-state index in [0.717, 1.165) is 6.20 Å². The van der Waals surface area contributed by atoms with Gasteiger partial charge in [0.2, 0.25) is 5.91 Å². The van der Waals surface area contributed by atoms with Crippen LogP contribution >= 0.6 is 0 Å². The molecule has 0 unspecified atom stereocenters. The van der Waals surface area contributed by atoms with Gasteiger partial charge in [-0.2, -0.15) is 0 Å². The fourth-order valence-electron chi connectivity index (χ4n) is 2.51. The summed E-state index contributed by atoms with van der Waals surface area (Å²) in [5.41, 5.74) is -0.0201. The van der Waals surface area contributed by atoms with Gasteiger partial charge in [0.05, 0.1) is 36.9 Å². The van der Waals surface area contributed by atoms with E-state index >= 15 is 0 Å². The smallest absolute Gasteiger partial charge is 0.257 e. The average molecular weight is 279 g/mol. The van der Waals surface area contributed by atoms with E-state index < -0.39 is 17.6 Å². The maximum atomic E-state index is 13.6. The molecule has 0 radical (unpaired) electrons. The number of nitrogens with zero attached hydrogens (tertiary/aromatic N) is 2. The van der Waals surface area contributed by atoms with E-state index in [1.807, 2.05) is 0 Å². The molecule has 0 aromatic carbocycles. The lowest BCUT2D eigenvalue weighted by Crippen LogP contribution is -2.44. The third-order valence-corrected chi connectivity index (χ3v) is 3.53. The van der Waals surface area contributed by atoms with E-state index in [4.69, 9.17) is 4.74 Å². The first kappa shape index (κ1) is 13.0. The van der Waals surface area contributed by atoms with Crippen LogP contribution in [0.4, 0.5) is 4.39 Å². The number of halogens is 1. The summed E-state index contributed by atoms with van der Waals surface area (Å²) in [5, 5.41) is 2.83. The van der Waals surface area contributed by atoms with Gasteiger partial charge in [-0.15, -0.1) is 0 Å². The SMILES string of the molecule is O=C1N[C@@H]2COC[C@H]1CN(C(=O)c1ccncc1F)C2. The van der Waals surface area contributed by atoms with Crippen molar-refractivity contribution in [1.29, 1.82) is 0 Å². The number of nitrogens with one attached hydrogen (secondary N) is 1. The van der Waals surface area contributed by atoms with Crippen molar-refractivity contribution < 1.29 is 18.7 Å². The normalized spacial score (nSPS) is 25.9. The summed E-state index contributed by atoms with van der Waals surface area (Å²) in [4.78, 5) is 29.4. The van der Waals surface area contributed by atoms with Crippen LogP contribution in [0.2, 0.25) is 0 Å². The monoisotopic (exact) mass is 279 g/mol. The molecule has 6 nitrogen and oxygen atoms in total. The zero-order chi connectivity index (χ0) is 14.1. The number of ether oxygens (including phenoxy) is 1. The van der Waals surface area contributed by atoms with Gasteiger partial charge in [0, 0.05) is 19.3 Å². The van der Waals surface area contributed by atoms with Crippen molar-refractivity contribution in [3.8, 4) is 0 Å².